The number of carbonyl (C=O) groups excluding carboxylic acids is 2. The van der Waals surface area contributed by atoms with Gasteiger partial charge in [-0.05, 0) is 49.9 Å². The van der Waals surface area contributed by atoms with Crippen LogP contribution in [0.1, 0.15) is 39.0 Å². The Morgan fingerprint density at radius 1 is 1.03 bits per heavy atom. The zero-order valence-corrected chi connectivity index (χ0v) is 19.5. The number of hydrogen-bond acceptors (Lipinski definition) is 6. The maximum absolute atomic E-state index is 13.7. The van der Waals surface area contributed by atoms with Crippen molar-refractivity contribution < 1.29 is 18.7 Å². The fourth-order valence-electron chi connectivity index (χ4n) is 5.35. The lowest BCUT2D eigenvalue weighted by Crippen LogP contribution is -2.49. The van der Waals surface area contributed by atoms with E-state index in [-0.39, 0.29) is 11.7 Å². The summed E-state index contributed by atoms with van der Waals surface area (Å²) in [7, 11) is 0. The molecule has 0 N–H and O–H groups in total. The zero-order valence-electron chi connectivity index (χ0n) is 19.5. The molecule has 1 spiro atoms. The van der Waals surface area contributed by atoms with Crippen LogP contribution < -0.4 is 9.80 Å². The van der Waals surface area contributed by atoms with E-state index >= 15 is 0 Å². The number of likely N-dealkylation sites (tertiary alicyclic amines) is 1. The molecule has 180 valence electrons. The van der Waals surface area contributed by atoms with Crippen molar-refractivity contribution in [2.24, 2.45) is 5.41 Å². The van der Waals surface area contributed by atoms with E-state index in [1.165, 1.54) is 17.0 Å². The van der Waals surface area contributed by atoms with Crippen molar-refractivity contribution >= 4 is 23.6 Å². The first kappa shape index (κ1) is 22.6. The summed E-state index contributed by atoms with van der Waals surface area (Å²) >= 11 is 0. The van der Waals surface area contributed by atoms with Crippen molar-refractivity contribution in [2.75, 3.05) is 42.5 Å². The van der Waals surface area contributed by atoms with Gasteiger partial charge in [-0.1, -0.05) is 13.0 Å². The molecule has 3 aliphatic rings. The molecule has 0 unspecified atom stereocenters. The second-order valence-electron chi connectivity index (χ2n) is 9.86. The first-order chi connectivity index (χ1) is 16.4. The van der Waals surface area contributed by atoms with Gasteiger partial charge in [0.15, 0.2) is 0 Å². The third-order valence-corrected chi connectivity index (χ3v) is 7.49. The van der Waals surface area contributed by atoms with Gasteiger partial charge in [0.05, 0.1) is 12.2 Å². The number of rotatable bonds is 3. The van der Waals surface area contributed by atoms with Gasteiger partial charge in [0.1, 0.15) is 11.4 Å². The molecule has 0 saturated carbocycles. The lowest BCUT2D eigenvalue weighted by Gasteiger charge is -2.41. The molecule has 1 aromatic carbocycles. The maximum Gasteiger partial charge on any atom is 0.415 e. The number of benzene rings is 1. The first-order valence-corrected chi connectivity index (χ1v) is 12.0. The highest BCUT2D eigenvalue weighted by Gasteiger charge is 2.48. The number of ether oxygens (including phenoxy) is 1. The molecular formula is C25H30FN5O3. The SMILES string of the molecule is CC1(C(=O)N2CCC[C@@]3(CC2)CN(c2cccc(F)c2)C(=O)O3)CCN(c2ncccn2)CC1. The Morgan fingerprint density at radius 3 is 2.53 bits per heavy atom. The Kier molecular flexibility index (Phi) is 5.87. The number of nitrogens with zero attached hydrogens (tertiary/aromatic N) is 5. The van der Waals surface area contributed by atoms with Crippen LogP contribution >= 0.6 is 0 Å². The average molecular weight is 468 g/mol. The number of halogens is 1. The summed E-state index contributed by atoms with van der Waals surface area (Å²) in [5, 5.41) is 0. The van der Waals surface area contributed by atoms with Gasteiger partial charge in [-0.2, -0.15) is 0 Å². The molecule has 34 heavy (non-hydrogen) atoms. The summed E-state index contributed by atoms with van der Waals surface area (Å²) in [6.45, 7) is 5.11. The molecule has 0 radical (unpaired) electrons. The molecule has 1 atom stereocenters. The Bertz CT molecular complexity index is 1060. The van der Waals surface area contributed by atoms with Crippen LogP contribution in [0.3, 0.4) is 0 Å². The van der Waals surface area contributed by atoms with Crippen LogP contribution in [-0.2, 0) is 9.53 Å². The zero-order chi connectivity index (χ0) is 23.8. The number of aromatic nitrogens is 2. The van der Waals surface area contributed by atoms with Gasteiger partial charge in [-0.25, -0.2) is 19.2 Å². The van der Waals surface area contributed by atoms with E-state index in [2.05, 4.69) is 21.8 Å². The summed E-state index contributed by atoms with van der Waals surface area (Å²) in [5.41, 5.74) is -0.573. The Balaban J connectivity index is 1.22. The summed E-state index contributed by atoms with van der Waals surface area (Å²) in [4.78, 5) is 40.4. The van der Waals surface area contributed by atoms with Crippen molar-refractivity contribution in [3.63, 3.8) is 0 Å². The molecule has 3 saturated heterocycles. The molecule has 0 aliphatic carbocycles. The van der Waals surface area contributed by atoms with Gasteiger partial charge in [0.25, 0.3) is 0 Å². The monoisotopic (exact) mass is 467 g/mol. The van der Waals surface area contributed by atoms with Crippen molar-refractivity contribution in [3.05, 3.63) is 48.5 Å². The second kappa shape index (κ2) is 8.85. The third-order valence-electron chi connectivity index (χ3n) is 7.49. The molecule has 4 heterocycles. The fraction of sp³-hybridized carbons (Fsp3) is 0.520. The van der Waals surface area contributed by atoms with Gasteiger partial charge in [-0.3, -0.25) is 9.69 Å². The molecule has 5 rings (SSSR count). The van der Waals surface area contributed by atoms with Crippen LogP contribution in [0.15, 0.2) is 42.7 Å². The summed E-state index contributed by atoms with van der Waals surface area (Å²) in [5.74, 6) is 0.492. The first-order valence-electron chi connectivity index (χ1n) is 12.0. The Hall–Kier alpha value is -3.23. The molecule has 1 aromatic heterocycles. The van der Waals surface area contributed by atoms with Crippen LogP contribution in [0.25, 0.3) is 0 Å². The van der Waals surface area contributed by atoms with Crippen LogP contribution in [-0.4, -0.2) is 65.2 Å². The number of carbonyl (C=O) groups is 2. The summed E-state index contributed by atoms with van der Waals surface area (Å²) in [6, 6.07) is 7.80. The minimum Gasteiger partial charge on any atom is -0.441 e. The third kappa shape index (κ3) is 4.31. The number of anilines is 2. The number of piperidine rings is 1. The molecule has 8 nitrogen and oxygen atoms in total. The van der Waals surface area contributed by atoms with Crippen LogP contribution in [0, 0.1) is 11.2 Å². The summed E-state index contributed by atoms with van der Waals surface area (Å²) in [6.07, 6.45) is 6.53. The topological polar surface area (TPSA) is 78.9 Å². The second-order valence-corrected chi connectivity index (χ2v) is 9.86. The van der Waals surface area contributed by atoms with Gasteiger partial charge in [0, 0.05) is 50.4 Å². The number of amides is 2. The number of hydrogen-bond donors (Lipinski definition) is 0. The molecular weight excluding hydrogens is 437 g/mol. The van der Waals surface area contributed by atoms with E-state index in [9.17, 15) is 14.0 Å². The highest BCUT2D eigenvalue weighted by Crippen LogP contribution is 2.38. The van der Waals surface area contributed by atoms with E-state index in [4.69, 9.17) is 4.74 Å². The largest absolute Gasteiger partial charge is 0.441 e. The van der Waals surface area contributed by atoms with Gasteiger partial charge in [-0.15, -0.1) is 0 Å². The Morgan fingerprint density at radius 2 is 1.79 bits per heavy atom. The molecule has 9 heteroatoms. The van der Waals surface area contributed by atoms with Crippen molar-refractivity contribution in [1.29, 1.82) is 0 Å². The van der Waals surface area contributed by atoms with Gasteiger partial charge in [0.2, 0.25) is 11.9 Å². The maximum atomic E-state index is 13.7. The molecule has 2 amide bonds. The molecule has 3 fully saturated rings. The van der Waals surface area contributed by atoms with Crippen LogP contribution in [0.5, 0.6) is 0 Å². The van der Waals surface area contributed by atoms with Crippen molar-refractivity contribution in [1.82, 2.24) is 14.9 Å². The van der Waals surface area contributed by atoms with Gasteiger partial charge < -0.3 is 14.5 Å². The van der Waals surface area contributed by atoms with E-state index in [0.29, 0.717) is 44.1 Å². The van der Waals surface area contributed by atoms with E-state index < -0.39 is 17.1 Å². The summed E-state index contributed by atoms with van der Waals surface area (Å²) < 4.78 is 19.5. The van der Waals surface area contributed by atoms with E-state index in [1.54, 1.807) is 30.6 Å². The smallest absolute Gasteiger partial charge is 0.415 e. The quantitative estimate of drug-likeness (QED) is 0.686. The van der Waals surface area contributed by atoms with E-state index in [1.807, 2.05) is 4.90 Å². The fourth-order valence-corrected chi connectivity index (χ4v) is 5.35. The normalized spacial score (nSPS) is 24.8. The minimum absolute atomic E-state index is 0.171. The van der Waals surface area contributed by atoms with Crippen molar-refractivity contribution in [3.8, 4) is 0 Å². The van der Waals surface area contributed by atoms with E-state index in [0.717, 1.165) is 32.4 Å². The predicted octanol–water partition coefficient (Wildman–Crippen LogP) is 3.63. The predicted molar refractivity (Wildman–Crippen MR) is 125 cm³/mol. The van der Waals surface area contributed by atoms with Gasteiger partial charge >= 0.3 is 6.09 Å². The highest BCUT2D eigenvalue weighted by molar-refractivity contribution is 5.90. The Labute approximate surface area is 198 Å². The highest BCUT2D eigenvalue weighted by atomic mass is 19.1. The van der Waals surface area contributed by atoms with Crippen LogP contribution in [0.2, 0.25) is 0 Å². The molecule has 2 aromatic rings. The average Bonchev–Trinajstić information content (AvgIpc) is 3.03. The lowest BCUT2D eigenvalue weighted by atomic mass is 9.79. The molecule has 0 bridgehead atoms. The van der Waals surface area contributed by atoms with Crippen molar-refractivity contribution in [2.45, 2.75) is 44.6 Å². The van der Waals surface area contributed by atoms with Crippen LogP contribution in [0.4, 0.5) is 20.8 Å². The minimum atomic E-state index is -0.645. The standard InChI is InChI=1S/C25H30FN5O3/c1-24(8-14-30(15-9-24)22-27-11-4-12-28-22)21(32)29-13-3-7-25(10-16-29)18-31(23(33)34-25)20-6-2-5-19(26)17-20/h2,4-6,11-12,17H,3,7-10,13-16,18H2,1H3/t25-/m1/s1. The molecule has 3 aliphatic heterocycles. The lowest BCUT2D eigenvalue weighted by molar-refractivity contribution is -0.142.